The lowest BCUT2D eigenvalue weighted by atomic mass is 10.2. The number of hydrogen-bond acceptors (Lipinski definition) is 3. The minimum Gasteiger partial charge on any atom is -0.351 e. The maximum absolute atomic E-state index is 12.5. The van der Waals surface area contributed by atoms with Gasteiger partial charge in [0, 0.05) is 24.0 Å². The minimum absolute atomic E-state index is 0.209. The Balaban J connectivity index is 1.90. The summed E-state index contributed by atoms with van der Waals surface area (Å²) >= 11 is 5.94. The van der Waals surface area contributed by atoms with Crippen LogP contribution in [0.1, 0.15) is 35.8 Å². The maximum Gasteiger partial charge on any atom is 0.275 e. The molecule has 1 amide bonds. The van der Waals surface area contributed by atoms with E-state index in [1.807, 2.05) is 53.4 Å². The van der Waals surface area contributed by atoms with E-state index in [1.165, 1.54) is 0 Å². The molecule has 1 aromatic carbocycles. The number of aromatic nitrogens is 4. The number of amides is 1. The third-order valence-electron chi connectivity index (χ3n) is 3.83. The molecule has 0 atom stereocenters. The van der Waals surface area contributed by atoms with Gasteiger partial charge in [-0.15, -0.1) is 5.10 Å². The first-order valence-corrected chi connectivity index (χ1v) is 8.66. The zero-order chi connectivity index (χ0) is 17.6. The van der Waals surface area contributed by atoms with Crippen LogP contribution in [0, 0.1) is 0 Å². The van der Waals surface area contributed by atoms with Crippen LogP contribution in [0.2, 0.25) is 5.02 Å². The molecular formula is C18H20ClN5O. The molecule has 0 unspecified atom stereocenters. The first kappa shape index (κ1) is 17.2. The Morgan fingerprint density at radius 2 is 1.92 bits per heavy atom. The summed E-state index contributed by atoms with van der Waals surface area (Å²) in [6.45, 7) is 3.21. The van der Waals surface area contributed by atoms with Gasteiger partial charge in [0.05, 0.1) is 6.54 Å². The molecule has 3 rings (SSSR count). The monoisotopic (exact) mass is 357 g/mol. The van der Waals surface area contributed by atoms with Crippen LogP contribution in [0.15, 0.2) is 48.8 Å². The third kappa shape index (κ3) is 4.09. The van der Waals surface area contributed by atoms with E-state index in [0.29, 0.717) is 29.6 Å². The second-order valence-corrected chi connectivity index (χ2v) is 6.18. The lowest BCUT2D eigenvalue weighted by molar-refractivity contribution is 0.0948. The highest BCUT2D eigenvalue weighted by Crippen LogP contribution is 2.16. The second-order valence-electron chi connectivity index (χ2n) is 5.75. The van der Waals surface area contributed by atoms with Crippen molar-refractivity contribution in [3.8, 4) is 5.82 Å². The molecular weight excluding hydrogens is 338 g/mol. The van der Waals surface area contributed by atoms with Crippen LogP contribution in [0.5, 0.6) is 0 Å². The van der Waals surface area contributed by atoms with Crippen molar-refractivity contribution in [3.05, 3.63) is 65.1 Å². The summed E-state index contributed by atoms with van der Waals surface area (Å²) in [6, 6.07) is 11.3. The number of halogens is 1. The number of nitrogens with zero attached hydrogens (tertiary/aromatic N) is 4. The van der Waals surface area contributed by atoms with Gasteiger partial charge in [0.1, 0.15) is 0 Å². The Morgan fingerprint density at radius 3 is 2.60 bits per heavy atom. The zero-order valence-electron chi connectivity index (χ0n) is 14.0. The van der Waals surface area contributed by atoms with E-state index < -0.39 is 0 Å². The predicted octanol–water partition coefficient (Wildman–Crippen LogP) is 3.30. The molecule has 130 valence electrons. The second kappa shape index (κ2) is 7.98. The average molecular weight is 358 g/mol. The first-order valence-electron chi connectivity index (χ1n) is 8.28. The zero-order valence-corrected chi connectivity index (χ0v) is 14.8. The molecule has 25 heavy (non-hydrogen) atoms. The summed E-state index contributed by atoms with van der Waals surface area (Å²) in [6.07, 6.45) is 5.71. The molecule has 2 aromatic heterocycles. The van der Waals surface area contributed by atoms with Crippen LogP contribution in [0.3, 0.4) is 0 Å². The standard InChI is InChI=1S/C18H20ClN5O/c1-2-3-10-20-17(25)16-18(23-11-4-5-12-23)24(22-21-16)13-14-6-8-15(19)9-7-14/h4-9,11-12H,2-3,10,13H2,1H3,(H,20,25). The molecule has 0 bridgehead atoms. The molecule has 7 heteroatoms. The summed E-state index contributed by atoms with van der Waals surface area (Å²) in [5, 5.41) is 11.9. The van der Waals surface area contributed by atoms with E-state index in [2.05, 4.69) is 22.6 Å². The Bertz CT molecular complexity index is 824. The van der Waals surface area contributed by atoms with E-state index in [4.69, 9.17) is 11.6 Å². The molecule has 0 saturated heterocycles. The lowest BCUT2D eigenvalue weighted by Crippen LogP contribution is -2.26. The summed E-state index contributed by atoms with van der Waals surface area (Å²) in [5.74, 6) is 0.438. The first-order chi connectivity index (χ1) is 12.2. The molecule has 0 aliphatic rings. The average Bonchev–Trinajstić information content (AvgIpc) is 3.26. The lowest BCUT2D eigenvalue weighted by Gasteiger charge is -2.09. The smallest absolute Gasteiger partial charge is 0.275 e. The van der Waals surface area contributed by atoms with E-state index >= 15 is 0 Å². The van der Waals surface area contributed by atoms with Gasteiger partial charge >= 0.3 is 0 Å². The van der Waals surface area contributed by atoms with Crippen molar-refractivity contribution in [1.82, 2.24) is 24.9 Å². The molecule has 0 radical (unpaired) electrons. The van der Waals surface area contributed by atoms with E-state index in [-0.39, 0.29) is 5.91 Å². The van der Waals surface area contributed by atoms with Crippen molar-refractivity contribution in [1.29, 1.82) is 0 Å². The van der Waals surface area contributed by atoms with Gasteiger partial charge in [-0.1, -0.05) is 42.3 Å². The van der Waals surface area contributed by atoms with Crippen LogP contribution in [0.25, 0.3) is 5.82 Å². The highest BCUT2D eigenvalue weighted by Gasteiger charge is 2.20. The van der Waals surface area contributed by atoms with Crippen molar-refractivity contribution in [3.63, 3.8) is 0 Å². The highest BCUT2D eigenvalue weighted by atomic mass is 35.5. The number of nitrogens with one attached hydrogen (secondary N) is 1. The number of carbonyl (C=O) groups excluding carboxylic acids is 1. The van der Waals surface area contributed by atoms with Gasteiger partial charge < -0.3 is 9.88 Å². The number of benzene rings is 1. The third-order valence-corrected chi connectivity index (χ3v) is 4.09. The van der Waals surface area contributed by atoms with Crippen LogP contribution < -0.4 is 5.32 Å². The molecule has 0 fully saturated rings. The Kier molecular flexibility index (Phi) is 5.50. The normalized spacial score (nSPS) is 10.8. The summed E-state index contributed by atoms with van der Waals surface area (Å²) < 4.78 is 3.57. The largest absolute Gasteiger partial charge is 0.351 e. The van der Waals surface area contributed by atoms with Crippen molar-refractivity contribution in [2.75, 3.05) is 6.54 Å². The van der Waals surface area contributed by atoms with Crippen molar-refractivity contribution in [2.24, 2.45) is 0 Å². The predicted molar refractivity (Wildman–Crippen MR) is 97.1 cm³/mol. The van der Waals surface area contributed by atoms with Gasteiger partial charge in [0.2, 0.25) is 0 Å². The van der Waals surface area contributed by atoms with Crippen LogP contribution in [-0.2, 0) is 6.54 Å². The number of hydrogen-bond donors (Lipinski definition) is 1. The summed E-state index contributed by atoms with van der Waals surface area (Å²) in [5.41, 5.74) is 1.35. The van der Waals surface area contributed by atoms with E-state index in [0.717, 1.165) is 18.4 Å². The fraction of sp³-hybridized carbons (Fsp3) is 0.278. The van der Waals surface area contributed by atoms with Gasteiger partial charge in [-0.05, 0) is 36.2 Å². The SMILES string of the molecule is CCCCNC(=O)c1nnn(Cc2ccc(Cl)cc2)c1-n1cccc1. The maximum atomic E-state index is 12.5. The molecule has 1 N–H and O–H groups in total. The van der Waals surface area contributed by atoms with Crippen LogP contribution in [-0.4, -0.2) is 32.0 Å². The molecule has 0 saturated carbocycles. The van der Waals surface area contributed by atoms with Crippen LogP contribution in [0.4, 0.5) is 0 Å². The Morgan fingerprint density at radius 1 is 1.20 bits per heavy atom. The summed E-state index contributed by atoms with van der Waals surface area (Å²) in [4.78, 5) is 12.5. The molecule has 6 nitrogen and oxygen atoms in total. The van der Waals surface area contributed by atoms with E-state index in [9.17, 15) is 4.79 Å². The molecule has 2 heterocycles. The fourth-order valence-electron chi connectivity index (χ4n) is 2.52. The topological polar surface area (TPSA) is 64.7 Å². The fourth-order valence-corrected chi connectivity index (χ4v) is 2.64. The quantitative estimate of drug-likeness (QED) is 0.660. The number of carbonyl (C=O) groups is 1. The number of rotatable bonds is 7. The Labute approximate surface area is 151 Å². The van der Waals surface area contributed by atoms with Crippen molar-refractivity contribution < 1.29 is 4.79 Å². The highest BCUT2D eigenvalue weighted by molar-refractivity contribution is 6.30. The molecule has 0 aliphatic carbocycles. The van der Waals surface area contributed by atoms with E-state index in [1.54, 1.807) is 4.68 Å². The number of unbranched alkanes of at least 4 members (excludes halogenated alkanes) is 1. The Hall–Kier alpha value is -2.60. The van der Waals surface area contributed by atoms with Crippen molar-refractivity contribution in [2.45, 2.75) is 26.3 Å². The van der Waals surface area contributed by atoms with Crippen LogP contribution >= 0.6 is 11.6 Å². The summed E-state index contributed by atoms with van der Waals surface area (Å²) in [7, 11) is 0. The molecule has 0 aliphatic heterocycles. The van der Waals surface area contributed by atoms with Gasteiger partial charge in [0.15, 0.2) is 11.5 Å². The van der Waals surface area contributed by atoms with Gasteiger partial charge in [-0.3, -0.25) is 4.79 Å². The van der Waals surface area contributed by atoms with Gasteiger partial charge in [-0.2, -0.15) is 0 Å². The molecule has 0 spiro atoms. The minimum atomic E-state index is -0.209. The van der Waals surface area contributed by atoms with Crippen molar-refractivity contribution >= 4 is 17.5 Å². The van der Waals surface area contributed by atoms with Gasteiger partial charge in [-0.25, -0.2) is 4.68 Å². The van der Waals surface area contributed by atoms with Gasteiger partial charge in [0.25, 0.3) is 5.91 Å². The molecule has 3 aromatic rings.